The van der Waals surface area contributed by atoms with Crippen LogP contribution in [0.2, 0.25) is 0 Å². The normalized spacial score (nSPS) is 10.9. The second-order valence-electron chi connectivity index (χ2n) is 5.96. The van der Waals surface area contributed by atoms with Crippen LogP contribution in [0.25, 0.3) is 16.6 Å². The predicted octanol–water partition coefficient (Wildman–Crippen LogP) is 3.90. The van der Waals surface area contributed by atoms with E-state index in [-0.39, 0.29) is 0 Å². The van der Waals surface area contributed by atoms with Gasteiger partial charge in [0.05, 0.1) is 11.2 Å². The van der Waals surface area contributed by atoms with Crippen LogP contribution in [0.15, 0.2) is 61.1 Å². The molecule has 154 valence electrons. The number of aliphatic carboxylic acids is 1. The average molecular weight is 416 g/mol. The first-order valence-electron chi connectivity index (χ1n) is 8.50. The molecular weight excluding hydrogens is 401 g/mol. The van der Waals surface area contributed by atoms with Crippen molar-refractivity contribution in [1.82, 2.24) is 24.7 Å². The summed E-state index contributed by atoms with van der Waals surface area (Å²) in [5.74, 6) is -1.43. The smallest absolute Gasteiger partial charge is 0.475 e. The van der Waals surface area contributed by atoms with Crippen molar-refractivity contribution in [1.29, 1.82) is 0 Å². The lowest BCUT2D eigenvalue weighted by atomic mass is 10.2. The molecule has 0 aliphatic carbocycles. The van der Waals surface area contributed by atoms with Gasteiger partial charge >= 0.3 is 12.1 Å². The Labute approximate surface area is 168 Å². The first-order valence-corrected chi connectivity index (χ1v) is 8.50. The molecule has 0 fully saturated rings. The van der Waals surface area contributed by atoms with Crippen LogP contribution in [-0.2, 0) is 4.79 Å². The lowest BCUT2D eigenvalue weighted by molar-refractivity contribution is -0.192. The summed E-state index contributed by atoms with van der Waals surface area (Å²) in [5, 5.41) is 15.6. The third-order valence-electron chi connectivity index (χ3n) is 3.73. The van der Waals surface area contributed by atoms with Crippen LogP contribution in [-0.4, -0.2) is 42.0 Å². The maximum absolute atomic E-state index is 10.6. The van der Waals surface area contributed by atoms with E-state index >= 15 is 0 Å². The van der Waals surface area contributed by atoms with Gasteiger partial charge in [0.25, 0.3) is 0 Å². The maximum atomic E-state index is 10.6. The van der Waals surface area contributed by atoms with Crippen LogP contribution >= 0.6 is 0 Å². The Morgan fingerprint density at radius 1 is 1.07 bits per heavy atom. The van der Waals surface area contributed by atoms with E-state index in [0.717, 1.165) is 28.1 Å². The van der Waals surface area contributed by atoms with Gasteiger partial charge in [-0.1, -0.05) is 18.2 Å². The number of para-hydroxylation sites is 1. The molecule has 0 atom stereocenters. The molecule has 0 amide bonds. The summed E-state index contributed by atoms with van der Waals surface area (Å²) in [6, 6.07) is 15.8. The number of carboxylic acids is 1. The summed E-state index contributed by atoms with van der Waals surface area (Å²) in [7, 11) is 0. The lowest BCUT2D eigenvalue weighted by Gasteiger charge is -2.07. The van der Waals surface area contributed by atoms with E-state index in [2.05, 4.69) is 25.4 Å². The van der Waals surface area contributed by atoms with Crippen molar-refractivity contribution in [3.63, 3.8) is 0 Å². The largest absolute Gasteiger partial charge is 0.490 e. The molecule has 30 heavy (non-hydrogen) atoms. The molecule has 2 aromatic carbocycles. The number of hydrogen-bond acceptors (Lipinski definition) is 6. The molecule has 2 heterocycles. The highest BCUT2D eigenvalue weighted by Gasteiger charge is 2.38. The van der Waals surface area contributed by atoms with Gasteiger partial charge in [-0.25, -0.2) is 24.4 Å². The Kier molecular flexibility index (Phi) is 5.90. The number of nitrogens with one attached hydrogen (secondary N) is 1. The van der Waals surface area contributed by atoms with Crippen LogP contribution in [0.3, 0.4) is 0 Å². The number of aryl methyl sites for hydroxylation is 1. The standard InChI is InChI=1S/C17H14N6.C2HF3O2/c1-12-19-11-23(22-12)15-8-6-14(7-9-15)20-17-18-10-13-4-2-3-5-16(13)21-17;3-2(4,5)1(6)7/h2-11H,1H3,(H,18,20,21);(H,6,7). The fourth-order valence-electron chi connectivity index (χ4n) is 2.33. The van der Waals surface area contributed by atoms with E-state index in [9.17, 15) is 13.2 Å². The highest BCUT2D eigenvalue weighted by atomic mass is 19.4. The first-order chi connectivity index (χ1) is 14.2. The van der Waals surface area contributed by atoms with Crippen molar-refractivity contribution in [3.05, 3.63) is 66.9 Å². The first kappa shape index (κ1) is 20.7. The fraction of sp³-hybridized carbons (Fsp3) is 0.105. The van der Waals surface area contributed by atoms with Gasteiger partial charge in [-0.15, -0.1) is 0 Å². The van der Waals surface area contributed by atoms with E-state index in [4.69, 9.17) is 9.90 Å². The maximum Gasteiger partial charge on any atom is 0.490 e. The van der Waals surface area contributed by atoms with E-state index < -0.39 is 12.1 Å². The highest BCUT2D eigenvalue weighted by molar-refractivity contribution is 5.78. The minimum Gasteiger partial charge on any atom is -0.475 e. The molecule has 0 saturated heterocycles. The number of benzene rings is 2. The van der Waals surface area contributed by atoms with Crippen LogP contribution in [0.4, 0.5) is 24.8 Å². The molecule has 0 aliphatic rings. The number of fused-ring (bicyclic) bond motifs is 1. The number of carbonyl (C=O) groups is 1. The number of halogens is 3. The summed E-state index contributed by atoms with van der Waals surface area (Å²) in [4.78, 5) is 21.9. The zero-order valence-corrected chi connectivity index (χ0v) is 15.5. The summed E-state index contributed by atoms with van der Waals surface area (Å²) >= 11 is 0. The number of hydrogen-bond donors (Lipinski definition) is 2. The monoisotopic (exact) mass is 416 g/mol. The number of carboxylic acid groups (broad SMARTS) is 1. The van der Waals surface area contributed by atoms with E-state index in [1.165, 1.54) is 0 Å². The number of rotatable bonds is 3. The summed E-state index contributed by atoms with van der Waals surface area (Å²) in [5.41, 5.74) is 2.79. The Hall–Kier alpha value is -4.02. The topological polar surface area (TPSA) is 106 Å². The van der Waals surface area contributed by atoms with Gasteiger partial charge in [0.1, 0.15) is 12.2 Å². The molecule has 11 heteroatoms. The molecule has 4 rings (SSSR count). The van der Waals surface area contributed by atoms with Crippen LogP contribution < -0.4 is 5.32 Å². The Bertz CT molecular complexity index is 1160. The molecule has 0 aliphatic heterocycles. The fourth-order valence-corrected chi connectivity index (χ4v) is 2.33. The number of alkyl halides is 3. The molecule has 0 radical (unpaired) electrons. The predicted molar refractivity (Wildman–Crippen MR) is 103 cm³/mol. The minimum atomic E-state index is -5.08. The molecule has 8 nitrogen and oxygen atoms in total. The molecular formula is C19H15F3N6O2. The molecule has 0 bridgehead atoms. The van der Waals surface area contributed by atoms with Crippen LogP contribution in [0.1, 0.15) is 5.82 Å². The van der Waals surface area contributed by atoms with Crippen molar-refractivity contribution in [3.8, 4) is 5.69 Å². The third-order valence-corrected chi connectivity index (χ3v) is 3.73. The van der Waals surface area contributed by atoms with Crippen molar-refractivity contribution < 1.29 is 23.1 Å². The van der Waals surface area contributed by atoms with Gasteiger partial charge in [-0.2, -0.15) is 18.3 Å². The van der Waals surface area contributed by atoms with Crippen molar-refractivity contribution in [2.75, 3.05) is 5.32 Å². The summed E-state index contributed by atoms with van der Waals surface area (Å²) in [6.45, 7) is 1.86. The zero-order chi connectivity index (χ0) is 21.7. The third kappa shape index (κ3) is 5.28. The van der Waals surface area contributed by atoms with Gasteiger partial charge < -0.3 is 10.4 Å². The van der Waals surface area contributed by atoms with E-state index in [0.29, 0.717) is 5.95 Å². The molecule has 4 aromatic rings. The second-order valence-corrected chi connectivity index (χ2v) is 5.96. The Morgan fingerprint density at radius 3 is 2.33 bits per heavy atom. The van der Waals surface area contributed by atoms with Gasteiger partial charge in [-0.3, -0.25) is 0 Å². The highest BCUT2D eigenvalue weighted by Crippen LogP contribution is 2.18. The SMILES string of the molecule is Cc1ncn(-c2ccc(Nc3ncc4ccccc4n3)cc2)n1.O=C(O)C(F)(F)F. The number of anilines is 2. The van der Waals surface area contributed by atoms with Crippen molar-refractivity contribution >= 4 is 28.5 Å². The van der Waals surface area contributed by atoms with Crippen molar-refractivity contribution in [2.45, 2.75) is 13.1 Å². The minimum absolute atomic E-state index is 0.577. The average Bonchev–Trinajstić information content (AvgIpc) is 3.14. The molecule has 0 spiro atoms. The zero-order valence-electron chi connectivity index (χ0n) is 15.5. The van der Waals surface area contributed by atoms with Gasteiger partial charge in [0.15, 0.2) is 0 Å². The van der Waals surface area contributed by atoms with Crippen molar-refractivity contribution in [2.24, 2.45) is 0 Å². The second kappa shape index (κ2) is 8.55. The molecule has 2 N–H and O–H groups in total. The van der Waals surface area contributed by atoms with Crippen LogP contribution in [0.5, 0.6) is 0 Å². The number of aromatic nitrogens is 5. The van der Waals surface area contributed by atoms with E-state index in [1.54, 1.807) is 11.0 Å². The summed E-state index contributed by atoms with van der Waals surface area (Å²) in [6.07, 6.45) is -1.57. The molecule has 0 unspecified atom stereocenters. The number of nitrogens with zero attached hydrogens (tertiary/aromatic N) is 5. The van der Waals surface area contributed by atoms with E-state index in [1.807, 2.05) is 61.7 Å². The quantitative estimate of drug-likeness (QED) is 0.522. The van der Waals surface area contributed by atoms with Gasteiger partial charge in [0.2, 0.25) is 5.95 Å². The lowest BCUT2D eigenvalue weighted by Crippen LogP contribution is -2.21. The summed E-state index contributed by atoms with van der Waals surface area (Å²) < 4.78 is 33.5. The molecule has 2 aromatic heterocycles. The van der Waals surface area contributed by atoms with Gasteiger partial charge in [-0.05, 0) is 37.3 Å². The Balaban J connectivity index is 0.000000318. The Morgan fingerprint density at radius 2 is 1.73 bits per heavy atom. The molecule has 0 saturated carbocycles. The van der Waals surface area contributed by atoms with Gasteiger partial charge in [0, 0.05) is 17.3 Å². The van der Waals surface area contributed by atoms with Crippen LogP contribution in [0, 0.1) is 6.92 Å².